The maximum Gasteiger partial charge on any atom is 0.240 e. The molecule has 0 rings (SSSR count). The van der Waals surface area contributed by atoms with Gasteiger partial charge in [0, 0.05) is 12.6 Å². The Morgan fingerprint density at radius 1 is 1.28 bits per heavy atom. The smallest absolute Gasteiger partial charge is 0.240 e. The van der Waals surface area contributed by atoms with Gasteiger partial charge in [-0.15, -0.1) is 0 Å². The first-order valence-corrected chi connectivity index (χ1v) is 6.43. The molecule has 0 bridgehead atoms. The number of nitrogens with one attached hydrogen (secondary N) is 1. The normalized spacial score (nSPS) is 13.3. The van der Waals surface area contributed by atoms with E-state index in [4.69, 9.17) is 5.73 Å². The highest BCUT2D eigenvalue weighted by molar-refractivity contribution is 5.87. The Hall–Kier alpha value is -1.10. The van der Waals surface area contributed by atoms with E-state index in [1.54, 1.807) is 0 Å². The third-order valence-corrected chi connectivity index (χ3v) is 2.68. The zero-order valence-corrected chi connectivity index (χ0v) is 12.4. The van der Waals surface area contributed by atoms with Crippen LogP contribution in [-0.2, 0) is 9.59 Å². The first kappa shape index (κ1) is 16.9. The molecule has 0 aliphatic heterocycles. The average Bonchev–Trinajstić information content (AvgIpc) is 2.21. The topological polar surface area (TPSA) is 75.4 Å². The van der Waals surface area contributed by atoms with Crippen molar-refractivity contribution in [3.05, 3.63) is 0 Å². The molecule has 18 heavy (non-hydrogen) atoms. The maximum absolute atomic E-state index is 12.2. The van der Waals surface area contributed by atoms with Crippen LogP contribution in [0.5, 0.6) is 0 Å². The first-order chi connectivity index (χ1) is 8.09. The molecule has 0 saturated heterocycles. The fraction of sp³-hybridized carbons (Fsp3) is 0.846. The summed E-state index contributed by atoms with van der Waals surface area (Å²) in [5.74, 6) is -0.329. The summed E-state index contributed by atoms with van der Waals surface area (Å²) in [6.45, 7) is 11.9. The van der Waals surface area contributed by atoms with E-state index in [1.165, 1.54) is 4.90 Å². The molecule has 106 valence electrons. The minimum atomic E-state index is -0.593. The lowest BCUT2D eigenvalue weighted by molar-refractivity contribution is -0.138. The molecule has 0 heterocycles. The lowest BCUT2D eigenvalue weighted by Gasteiger charge is -2.31. The Bertz CT molecular complexity index is 295. The Kier molecular flexibility index (Phi) is 6.32. The van der Waals surface area contributed by atoms with Gasteiger partial charge in [0.25, 0.3) is 0 Å². The molecule has 5 heteroatoms. The van der Waals surface area contributed by atoms with Crippen LogP contribution in [0.3, 0.4) is 0 Å². The summed E-state index contributed by atoms with van der Waals surface area (Å²) in [6.07, 6.45) is 0. The number of likely N-dealkylation sites (N-methyl/N-ethyl adjacent to an activating group) is 1. The van der Waals surface area contributed by atoms with E-state index in [1.807, 2.05) is 41.5 Å². The van der Waals surface area contributed by atoms with Crippen molar-refractivity contribution in [1.82, 2.24) is 10.2 Å². The van der Waals surface area contributed by atoms with Gasteiger partial charge in [0.2, 0.25) is 11.8 Å². The summed E-state index contributed by atoms with van der Waals surface area (Å²) in [6, 6.07) is -0.521. The molecule has 3 N–H and O–H groups in total. The number of carbonyl (C=O) groups is 2. The summed E-state index contributed by atoms with van der Waals surface area (Å²) in [5, 5.41) is 2.77. The second-order valence-corrected chi connectivity index (χ2v) is 5.92. The van der Waals surface area contributed by atoms with Crippen molar-refractivity contribution in [2.75, 3.05) is 13.1 Å². The fourth-order valence-electron chi connectivity index (χ4n) is 1.45. The molecule has 1 atom stereocenters. The predicted molar refractivity (Wildman–Crippen MR) is 73.0 cm³/mol. The standard InChI is InChI=1S/C13H27N3O2/c1-7-16(8-10(17)15-9(2)3)12(18)11(14)13(4,5)6/h9,11H,7-8,14H2,1-6H3,(H,15,17). The van der Waals surface area contributed by atoms with Gasteiger partial charge in [-0.25, -0.2) is 0 Å². The van der Waals surface area contributed by atoms with Gasteiger partial charge in [0.05, 0.1) is 12.6 Å². The Morgan fingerprint density at radius 3 is 2.11 bits per heavy atom. The van der Waals surface area contributed by atoms with E-state index in [2.05, 4.69) is 5.32 Å². The first-order valence-electron chi connectivity index (χ1n) is 6.43. The number of hydrogen-bond donors (Lipinski definition) is 2. The number of amides is 2. The third-order valence-electron chi connectivity index (χ3n) is 2.68. The lowest BCUT2D eigenvalue weighted by atomic mass is 9.86. The van der Waals surface area contributed by atoms with Gasteiger partial charge in [-0.05, 0) is 26.2 Å². The number of rotatable bonds is 5. The SMILES string of the molecule is CCN(CC(=O)NC(C)C)C(=O)C(N)C(C)(C)C. The van der Waals surface area contributed by atoms with Crippen molar-refractivity contribution >= 4 is 11.8 Å². The highest BCUT2D eigenvalue weighted by atomic mass is 16.2. The molecule has 2 amide bonds. The minimum absolute atomic E-state index is 0.0668. The van der Waals surface area contributed by atoms with Gasteiger partial charge in [0.1, 0.15) is 0 Å². The Balaban J connectivity index is 4.59. The van der Waals surface area contributed by atoms with Gasteiger partial charge in [-0.3, -0.25) is 9.59 Å². The Labute approximate surface area is 110 Å². The van der Waals surface area contributed by atoms with Crippen molar-refractivity contribution in [3.63, 3.8) is 0 Å². The van der Waals surface area contributed by atoms with Crippen LogP contribution < -0.4 is 11.1 Å². The fourth-order valence-corrected chi connectivity index (χ4v) is 1.45. The van der Waals surface area contributed by atoms with E-state index in [9.17, 15) is 9.59 Å². The summed E-state index contributed by atoms with van der Waals surface area (Å²) < 4.78 is 0. The van der Waals surface area contributed by atoms with Crippen LogP contribution in [0.2, 0.25) is 0 Å². The molecule has 0 aliphatic rings. The second kappa shape index (κ2) is 6.73. The van der Waals surface area contributed by atoms with E-state index >= 15 is 0 Å². The maximum atomic E-state index is 12.2. The molecule has 5 nitrogen and oxygen atoms in total. The van der Waals surface area contributed by atoms with E-state index in [-0.39, 0.29) is 29.8 Å². The molecular weight excluding hydrogens is 230 g/mol. The van der Waals surface area contributed by atoms with Gasteiger partial charge in [-0.1, -0.05) is 20.8 Å². The molecule has 0 radical (unpaired) electrons. The zero-order chi connectivity index (χ0) is 14.5. The monoisotopic (exact) mass is 257 g/mol. The van der Waals surface area contributed by atoms with Gasteiger partial charge >= 0.3 is 0 Å². The molecule has 1 unspecified atom stereocenters. The molecule has 0 aromatic heterocycles. The van der Waals surface area contributed by atoms with Crippen LogP contribution in [0.1, 0.15) is 41.5 Å². The second-order valence-electron chi connectivity index (χ2n) is 5.92. The molecular formula is C13H27N3O2. The van der Waals surface area contributed by atoms with Crippen molar-refractivity contribution in [3.8, 4) is 0 Å². The molecule has 0 aromatic carbocycles. The van der Waals surface area contributed by atoms with Crippen molar-refractivity contribution in [2.45, 2.75) is 53.6 Å². The van der Waals surface area contributed by atoms with Gasteiger partial charge < -0.3 is 16.0 Å². The molecule has 0 aromatic rings. The highest BCUT2D eigenvalue weighted by Crippen LogP contribution is 2.18. The van der Waals surface area contributed by atoms with E-state index < -0.39 is 6.04 Å². The van der Waals surface area contributed by atoms with Crippen LogP contribution in [0.15, 0.2) is 0 Å². The van der Waals surface area contributed by atoms with Gasteiger partial charge in [-0.2, -0.15) is 0 Å². The highest BCUT2D eigenvalue weighted by Gasteiger charge is 2.31. The number of hydrogen-bond acceptors (Lipinski definition) is 3. The van der Waals surface area contributed by atoms with Gasteiger partial charge in [0.15, 0.2) is 0 Å². The molecule has 0 aliphatic carbocycles. The van der Waals surface area contributed by atoms with Crippen molar-refractivity contribution in [2.24, 2.45) is 11.1 Å². The average molecular weight is 257 g/mol. The number of nitrogens with zero attached hydrogens (tertiary/aromatic N) is 1. The summed E-state index contributed by atoms with van der Waals surface area (Å²) >= 11 is 0. The van der Waals surface area contributed by atoms with Crippen molar-refractivity contribution < 1.29 is 9.59 Å². The number of carbonyl (C=O) groups excluding carboxylic acids is 2. The van der Waals surface area contributed by atoms with Crippen LogP contribution >= 0.6 is 0 Å². The Morgan fingerprint density at radius 2 is 1.78 bits per heavy atom. The predicted octanol–water partition coefficient (Wildman–Crippen LogP) is 0.733. The molecule has 0 fully saturated rings. The number of nitrogens with two attached hydrogens (primary N) is 1. The zero-order valence-electron chi connectivity index (χ0n) is 12.4. The lowest BCUT2D eigenvalue weighted by Crippen LogP contribution is -2.53. The van der Waals surface area contributed by atoms with Crippen molar-refractivity contribution in [1.29, 1.82) is 0 Å². The van der Waals surface area contributed by atoms with Crippen LogP contribution in [0.25, 0.3) is 0 Å². The minimum Gasteiger partial charge on any atom is -0.352 e. The van der Waals surface area contributed by atoms with Crippen LogP contribution in [0.4, 0.5) is 0 Å². The summed E-state index contributed by atoms with van der Waals surface area (Å²) in [7, 11) is 0. The third kappa shape index (κ3) is 5.49. The summed E-state index contributed by atoms with van der Waals surface area (Å²) in [5.41, 5.74) is 5.62. The molecule has 0 saturated carbocycles. The molecule has 0 spiro atoms. The van der Waals surface area contributed by atoms with Crippen LogP contribution in [-0.4, -0.2) is 41.9 Å². The van der Waals surface area contributed by atoms with E-state index in [0.29, 0.717) is 6.54 Å². The van der Waals surface area contributed by atoms with E-state index in [0.717, 1.165) is 0 Å². The van der Waals surface area contributed by atoms with Crippen LogP contribution in [0, 0.1) is 5.41 Å². The largest absolute Gasteiger partial charge is 0.352 e. The summed E-state index contributed by atoms with van der Waals surface area (Å²) in [4.78, 5) is 25.3. The quantitative estimate of drug-likeness (QED) is 0.762.